The molecule has 4 N–H and O–H groups in total. The Bertz CT molecular complexity index is 687. The minimum absolute atomic E-state index is 0.0175. The molecule has 2 aromatic rings. The number of H-pyrrole nitrogens is 1. The maximum atomic E-state index is 14.1. The number of nitrogens with two attached hydrogens (primary N) is 1. The van der Waals surface area contributed by atoms with Gasteiger partial charge in [-0.3, -0.25) is 0 Å². The molecular weight excluding hydrogens is 468 g/mol. The first-order valence-corrected chi connectivity index (χ1v) is 7.04. The van der Waals surface area contributed by atoms with Crippen LogP contribution in [0.4, 0.5) is 8.78 Å². The minimum atomic E-state index is -1.17. The predicted octanol–water partition coefficient (Wildman–Crippen LogP) is 0.584. The van der Waals surface area contributed by atoms with Gasteiger partial charge in [0.05, 0.1) is 0 Å². The molecule has 0 spiro atoms. The van der Waals surface area contributed by atoms with Gasteiger partial charge in [-0.05, 0) is 0 Å². The monoisotopic (exact) mass is 479 g/mol. The van der Waals surface area contributed by atoms with Gasteiger partial charge < -0.3 is 0 Å². The van der Waals surface area contributed by atoms with E-state index in [-0.39, 0.29) is 15.2 Å². The third-order valence-corrected chi connectivity index (χ3v) is 4.33. The zero-order valence-corrected chi connectivity index (χ0v) is 13.3. The number of aromatic nitrogens is 1. The topological polar surface area (TPSA) is 88.3 Å². The molecule has 1 atom stereocenters. The Morgan fingerprint density at radius 1 is 1.55 bits per heavy atom. The van der Waals surface area contributed by atoms with Gasteiger partial charge in [-0.15, -0.1) is 0 Å². The number of carbonyl (C=O) groups is 1. The molecule has 1 aromatic carbocycles. The summed E-state index contributed by atoms with van der Waals surface area (Å²) in [5, 5.41) is 9.14. The number of fused-ring (bicyclic) bond motifs is 1. The zero-order chi connectivity index (χ0) is 15.0. The van der Waals surface area contributed by atoms with E-state index >= 15 is 0 Å². The summed E-state index contributed by atoms with van der Waals surface area (Å²) in [7, 11) is 1.18. The standard InChI is InChI=1S/C12H11AtF2N2O3/c1-20-11-8(14)7(13)6-4(2-5(16)12(18)19)3-17-10(6)9(11)15/h3,5,17H,2,16H2,1H3,(H,18,19). The fraction of sp³-hybridized carbons (Fsp3) is 0.250. The SMILES string of the molecule is COc1c(F)c([At])c2c(CC(N)C(=O)O)c[nH]c2c1F. The van der Waals surface area contributed by atoms with Gasteiger partial charge in [0.1, 0.15) is 0 Å². The average molecular weight is 479 g/mol. The number of ether oxygens (including phenoxy) is 1. The number of hydrogen-bond acceptors (Lipinski definition) is 3. The number of aliphatic carboxylic acids is 1. The summed E-state index contributed by atoms with van der Waals surface area (Å²) in [6, 6.07) is -1.13. The predicted molar refractivity (Wildman–Crippen MR) is 63.7 cm³/mol. The third-order valence-electron chi connectivity index (χ3n) is 2.95. The van der Waals surface area contributed by atoms with E-state index in [1.165, 1.54) is 13.3 Å². The van der Waals surface area contributed by atoms with E-state index in [0.717, 1.165) is 24.7 Å². The summed E-state index contributed by atoms with van der Waals surface area (Å²) in [5.41, 5.74) is 6.02. The van der Waals surface area contributed by atoms with E-state index in [0.29, 0.717) is 10.9 Å². The molecule has 0 saturated heterocycles. The molecule has 0 radical (unpaired) electrons. The Kier molecular flexibility index (Phi) is 4.25. The van der Waals surface area contributed by atoms with Crippen LogP contribution in [-0.4, -0.2) is 29.2 Å². The average Bonchev–Trinajstić information content (AvgIpc) is 2.81. The molecule has 2 rings (SSSR count). The van der Waals surface area contributed by atoms with Crippen molar-refractivity contribution in [2.75, 3.05) is 7.11 Å². The molecule has 0 fully saturated rings. The first-order valence-electron chi connectivity index (χ1n) is 5.57. The molecule has 108 valence electrons. The first-order chi connectivity index (χ1) is 9.38. The van der Waals surface area contributed by atoms with Crippen LogP contribution in [0.3, 0.4) is 0 Å². The van der Waals surface area contributed by atoms with E-state index < -0.39 is 29.4 Å². The van der Waals surface area contributed by atoms with Gasteiger partial charge in [0.25, 0.3) is 0 Å². The molecule has 1 aromatic heterocycles. The van der Waals surface area contributed by atoms with Crippen LogP contribution in [-0.2, 0) is 11.2 Å². The van der Waals surface area contributed by atoms with Gasteiger partial charge in [0.15, 0.2) is 0 Å². The van der Waals surface area contributed by atoms with E-state index in [2.05, 4.69) is 4.98 Å². The van der Waals surface area contributed by atoms with Crippen molar-refractivity contribution < 1.29 is 48.1 Å². The van der Waals surface area contributed by atoms with Crippen molar-refractivity contribution in [1.82, 2.24) is 4.98 Å². The summed E-state index contributed by atoms with van der Waals surface area (Å²) in [6.07, 6.45) is 1.42. The Labute approximate surface area is 127 Å². The maximum absolute atomic E-state index is 14.1. The molecule has 8 heteroatoms. The van der Waals surface area contributed by atoms with Crippen LogP contribution in [0, 0.1) is 36.4 Å². The third kappa shape index (κ3) is 2.38. The van der Waals surface area contributed by atoms with Crippen LogP contribution in [0.2, 0.25) is 0 Å². The fourth-order valence-electron chi connectivity index (χ4n) is 1.97. The van der Waals surface area contributed by atoms with E-state index in [1.807, 2.05) is 0 Å². The molecule has 0 amide bonds. The van der Waals surface area contributed by atoms with Crippen LogP contribution in [0.15, 0.2) is 6.20 Å². The number of halogens is 2. The summed E-state index contributed by atoms with van der Waals surface area (Å²) in [5.74, 6) is -3.24. The van der Waals surface area contributed by atoms with Gasteiger partial charge in [-0.1, -0.05) is 0 Å². The second-order valence-electron chi connectivity index (χ2n) is 4.19. The normalized spacial score (nSPS) is 12.7. The molecule has 5 nitrogen and oxygen atoms in total. The van der Waals surface area contributed by atoms with E-state index in [4.69, 9.17) is 15.6 Å². The summed E-state index contributed by atoms with van der Waals surface area (Å²) < 4.78 is 33.1. The van der Waals surface area contributed by atoms with Gasteiger partial charge in [-0.25, -0.2) is 0 Å². The molecule has 0 saturated carbocycles. The quantitative estimate of drug-likeness (QED) is 0.599. The first kappa shape index (κ1) is 15.1. The van der Waals surface area contributed by atoms with Crippen molar-refractivity contribution in [1.29, 1.82) is 0 Å². The van der Waals surface area contributed by atoms with Crippen molar-refractivity contribution in [3.8, 4) is 5.75 Å². The van der Waals surface area contributed by atoms with Crippen LogP contribution < -0.4 is 13.7 Å². The number of hydrogen-bond donors (Lipinski definition) is 3. The molecular formula is C12H11AtF2N2O3. The number of carboxylic acids is 1. The zero-order valence-electron chi connectivity index (χ0n) is 10.3. The number of rotatable bonds is 4. The van der Waals surface area contributed by atoms with Gasteiger partial charge in [0.2, 0.25) is 0 Å². The molecule has 0 aliphatic heterocycles. The fourth-order valence-corrected chi connectivity index (χ4v) is 3.14. The molecule has 0 aliphatic rings. The van der Waals surface area contributed by atoms with Crippen LogP contribution in [0.1, 0.15) is 5.56 Å². The van der Waals surface area contributed by atoms with Gasteiger partial charge in [0, 0.05) is 0 Å². The summed E-state index contributed by atoms with van der Waals surface area (Å²) in [4.78, 5) is 13.5. The van der Waals surface area contributed by atoms with Gasteiger partial charge in [-0.2, -0.15) is 0 Å². The number of benzene rings is 1. The molecule has 20 heavy (non-hydrogen) atoms. The van der Waals surface area contributed by atoms with E-state index in [1.54, 1.807) is 0 Å². The van der Waals surface area contributed by atoms with E-state index in [9.17, 15) is 13.6 Å². The van der Waals surface area contributed by atoms with Crippen LogP contribution in [0.5, 0.6) is 5.75 Å². The number of methoxy groups -OCH3 is 1. The Morgan fingerprint density at radius 2 is 2.20 bits per heavy atom. The van der Waals surface area contributed by atoms with Crippen molar-refractivity contribution in [2.24, 2.45) is 5.73 Å². The number of aromatic amines is 1. The number of nitrogens with one attached hydrogen (secondary N) is 1. The van der Waals surface area contributed by atoms with Crippen molar-refractivity contribution >= 4 is 20.1 Å². The van der Waals surface area contributed by atoms with Gasteiger partial charge >= 0.3 is 128 Å². The molecule has 1 heterocycles. The second-order valence-corrected chi connectivity index (χ2v) is 5.66. The molecule has 1 unspecified atom stereocenters. The Balaban J connectivity index is 2.64. The number of carboxylic acid groups (broad SMARTS) is 1. The van der Waals surface area contributed by atoms with Crippen LogP contribution >= 0.6 is 0 Å². The molecule has 0 aliphatic carbocycles. The second kappa shape index (κ2) is 5.62. The van der Waals surface area contributed by atoms with Crippen molar-refractivity contribution in [3.63, 3.8) is 0 Å². The Hall–Kier alpha value is -1.27. The Morgan fingerprint density at radius 3 is 2.75 bits per heavy atom. The summed E-state index contributed by atoms with van der Waals surface area (Å²) >= 11 is 1.01. The van der Waals surface area contributed by atoms with Crippen molar-refractivity contribution in [2.45, 2.75) is 12.5 Å². The van der Waals surface area contributed by atoms with Crippen molar-refractivity contribution in [3.05, 3.63) is 23.4 Å². The molecule has 0 bridgehead atoms. The van der Waals surface area contributed by atoms with Crippen LogP contribution in [0.25, 0.3) is 10.9 Å². The summed E-state index contributed by atoms with van der Waals surface area (Å²) in [6.45, 7) is 0.